The van der Waals surface area contributed by atoms with E-state index in [0.29, 0.717) is 18.7 Å². The molecule has 0 radical (unpaired) electrons. The minimum Gasteiger partial charge on any atom is -0.383 e. The molecule has 1 aromatic heterocycles. The van der Waals surface area contributed by atoms with Gasteiger partial charge < -0.3 is 9.64 Å². The predicted molar refractivity (Wildman–Crippen MR) is 116 cm³/mol. The lowest BCUT2D eigenvalue weighted by atomic mass is 9.75. The topological polar surface area (TPSA) is 66.9 Å². The van der Waals surface area contributed by atoms with Crippen molar-refractivity contribution in [3.8, 4) is 0 Å². The Bertz CT molecular complexity index is 882. The summed E-state index contributed by atoms with van der Waals surface area (Å²) in [5.74, 6) is -0.682. The van der Waals surface area contributed by atoms with E-state index in [1.807, 2.05) is 61.7 Å². The van der Waals surface area contributed by atoms with Crippen LogP contribution >= 0.6 is 11.3 Å². The maximum Gasteiger partial charge on any atom is 0.241 e. The second kappa shape index (κ2) is 9.53. The Morgan fingerprint density at radius 1 is 1.20 bits per heavy atom. The average molecular weight is 429 g/mol. The second-order valence-corrected chi connectivity index (χ2v) is 8.87. The van der Waals surface area contributed by atoms with E-state index in [9.17, 15) is 14.4 Å². The fourth-order valence-corrected chi connectivity index (χ4v) is 4.65. The van der Waals surface area contributed by atoms with Gasteiger partial charge >= 0.3 is 0 Å². The van der Waals surface area contributed by atoms with E-state index in [-0.39, 0.29) is 43.1 Å². The molecular weight excluding hydrogens is 400 g/mol. The Kier molecular flexibility index (Phi) is 7.05. The highest BCUT2D eigenvalue weighted by Gasteiger charge is 2.54. The lowest BCUT2D eigenvalue weighted by molar-refractivity contribution is -0.143. The van der Waals surface area contributed by atoms with Gasteiger partial charge in [0.1, 0.15) is 0 Å². The predicted octanol–water partition coefficient (Wildman–Crippen LogP) is 3.22. The Morgan fingerprint density at radius 3 is 2.53 bits per heavy atom. The molecule has 0 saturated carbocycles. The molecule has 1 aromatic carbocycles. The van der Waals surface area contributed by atoms with Gasteiger partial charge in [-0.1, -0.05) is 36.4 Å². The first-order chi connectivity index (χ1) is 14.4. The van der Waals surface area contributed by atoms with E-state index in [4.69, 9.17) is 4.74 Å². The van der Waals surface area contributed by atoms with Crippen molar-refractivity contribution in [3.63, 3.8) is 0 Å². The fraction of sp³-hybridized carbons (Fsp3) is 0.435. The van der Waals surface area contributed by atoms with Crippen LogP contribution < -0.4 is 0 Å². The summed E-state index contributed by atoms with van der Waals surface area (Å²) in [4.78, 5) is 43.8. The standard InChI is InChI=1S/C23H28N2O4S/c1-17(2)24(11-12-29-3)20(26)14-23(18-8-5-4-6-9-18)15-21(27)25(22(23)28)16-19-10-7-13-30-19/h4-10,13,17H,11-12,14-16H2,1-3H3/t23-/m1/s1. The van der Waals surface area contributed by atoms with E-state index in [0.717, 1.165) is 4.88 Å². The van der Waals surface area contributed by atoms with Gasteiger partial charge in [0.2, 0.25) is 17.7 Å². The first-order valence-electron chi connectivity index (χ1n) is 10.1. The zero-order valence-electron chi connectivity index (χ0n) is 17.7. The number of carbonyl (C=O) groups excluding carboxylic acids is 3. The summed E-state index contributed by atoms with van der Waals surface area (Å²) in [5.41, 5.74) is -0.465. The summed E-state index contributed by atoms with van der Waals surface area (Å²) in [6, 6.07) is 13.0. The molecule has 1 aliphatic heterocycles. The van der Waals surface area contributed by atoms with Crippen LogP contribution in [-0.4, -0.2) is 53.8 Å². The number of carbonyl (C=O) groups is 3. The molecule has 1 fully saturated rings. The summed E-state index contributed by atoms with van der Waals surface area (Å²) >= 11 is 1.51. The molecule has 30 heavy (non-hydrogen) atoms. The van der Waals surface area contributed by atoms with Crippen LogP contribution in [0.4, 0.5) is 0 Å². The molecule has 160 valence electrons. The van der Waals surface area contributed by atoms with Gasteiger partial charge in [-0.15, -0.1) is 11.3 Å². The molecule has 2 aromatic rings. The fourth-order valence-electron chi connectivity index (χ4n) is 3.96. The lowest BCUT2D eigenvalue weighted by Crippen LogP contribution is -2.46. The molecule has 3 amide bonds. The zero-order chi connectivity index (χ0) is 21.7. The number of hydrogen-bond donors (Lipinski definition) is 0. The number of ether oxygens (including phenoxy) is 1. The Hall–Kier alpha value is -2.51. The normalized spacial score (nSPS) is 19.0. The number of rotatable bonds is 9. The van der Waals surface area contributed by atoms with Crippen molar-refractivity contribution < 1.29 is 19.1 Å². The monoisotopic (exact) mass is 428 g/mol. The van der Waals surface area contributed by atoms with Gasteiger partial charge in [-0.25, -0.2) is 0 Å². The van der Waals surface area contributed by atoms with Crippen LogP contribution in [0.3, 0.4) is 0 Å². The number of hydrogen-bond acceptors (Lipinski definition) is 5. The molecule has 0 unspecified atom stereocenters. The molecule has 1 saturated heterocycles. The molecule has 1 aliphatic rings. The summed E-state index contributed by atoms with van der Waals surface area (Å²) < 4.78 is 5.14. The van der Waals surface area contributed by atoms with Gasteiger partial charge in [0.25, 0.3) is 0 Å². The van der Waals surface area contributed by atoms with Gasteiger partial charge in [-0.05, 0) is 30.9 Å². The first kappa shape index (κ1) is 22.2. The molecule has 1 atom stereocenters. The summed E-state index contributed by atoms with van der Waals surface area (Å²) in [5, 5.41) is 1.92. The minimum absolute atomic E-state index is 0.00315. The van der Waals surface area contributed by atoms with Crippen molar-refractivity contribution in [1.29, 1.82) is 0 Å². The largest absolute Gasteiger partial charge is 0.383 e. The van der Waals surface area contributed by atoms with Gasteiger partial charge in [0.05, 0.1) is 18.6 Å². The average Bonchev–Trinajstić information content (AvgIpc) is 3.32. The quantitative estimate of drug-likeness (QED) is 0.575. The van der Waals surface area contributed by atoms with Crippen LogP contribution in [0, 0.1) is 0 Å². The second-order valence-electron chi connectivity index (χ2n) is 7.84. The van der Waals surface area contributed by atoms with Crippen molar-refractivity contribution in [3.05, 3.63) is 58.3 Å². The van der Waals surface area contributed by atoms with Crippen LogP contribution in [0.2, 0.25) is 0 Å². The molecule has 2 heterocycles. The first-order valence-corrected chi connectivity index (χ1v) is 11.0. The highest BCUT2D eigenvalue weighted by atomic mass is 32.1. The highest BCUT2D eigenvalue weighted by molar-refractivity contribution is 7.09. The third kappa shape index (κ3) is 4.47. The van der Waals surface area contributed by atoms with Crippen molar-refractivity contribution >= 4 is 29.1 Å². The number of methoxy groups -OCH3 is 1. The minimum atomic E-state index is -1.17. The van der Waals surface area contributed by atoms with Crippen molar-refractivity contribution in [2.75, 3.05) is 20.3 Å². The maximum atomic E-state index is 13.6. The number of likely N-dealkylation sites (tertiary alicyclic amines) is 1. The summed E-state index contributed by atoms with van der Waals surface area (Å²) in [6.45, 7) is 4.98. The van der Waals surface area contributed by atoms with Gasteiger partial charge in [-0.2, -0.15) is 0 Å². The van der Waals surface area contributed by atoms with Crippen molar-refractivity contribution in [1.82, 2.24) is 9.80 Å². The number of imide groups is 1. The van der Waals surface area contributed by atoms with Crippen LogP contribution in [0.1, 0.15) is 37.1 Å². The van der Waals surface area contributed by atoms with Crippen LogP contribution in [0.5, 0.6) is 0 Å². The van der Waals surface area contributed by atoms with E-state index >= 15 is 0 Å². The van der Waals surface area contributed by atoms with Crippen LogP contribution in [0.25, 0.3) is 0 Å². The smallest absolute Gasteiger partial charge is 0.241 e. The Morgan fingerprint density at radius 2 is 1.93 bits per heavy atom. The lowest BCUT2D eigenvalue weighted by Gasteiger charge is -2.32. The molecule has 7 heteroatoms. The van der Waals surface area contributed by atoms with E-state index in [2.05, 4.69) is 0 Å². The van der Waals surface area contributed by atoms with Gasteiger partial charge in [-0.3, -0.25) is 19.3 Å². The molecule has 3 rings (SSSR count). The van der Waals surface area contributed by atoms with E-state index in [1.54, 1.807) is 12.0 Å². The van der Waals surface area contributed by atoms with Crippen molar-refractivity contribution in [2.45, 2.75) is 44.7 Å². The third-order valence-electron chi connectivity index (χ3n) is 5.56. The molecule has 6 nitrogen and oxygen atoms in total. The Labute approximate surface area is 181 Å². The SMILES string of the molecule is COCCN(C(=O)C[C@]1(c2ccccc2)CC(=O)N(Cc2cccs2)C1=O)C(C)C. The van der Waals surface area contributed by atoms with Crippen LogP contribution in [0.15, 0.2) is 47.8 Å². The highest BCUT2D eigenvalue weighted by Crippen LogP contribution is 2.41. The number of benzene rings is 1. The van der Waals surface area contributed by atoms with E-state index in [1.165, 1.54) is 16.2 Å². The van der Waals surface area contributed by atoms with Crippen LogP contribution in [-0.2, 0) is 31.1 Å². The molecule has 0 aliphatic carbocycles. The number of nitrogens with zero attached hydrogens (tertiary/aromatic N) is 2. The van der Waals surface area contributed by atoms with E-state index < -0.39 is 5.41 Å². The number of amides is 3. The Balaban J connectivity index is 1.94. The molecule has 0 bridgehead atoms. The maximum absolute atomic E-state index is 13.6. The molecular formula is C23H28N2O4S. The molecule has 0 spiro atoms. The molecule has 0 N–H and O–H groups in total. The third-order valence-corrected chi connectivity index (χ3v) is 6.42. The number of thiophene rings is 1. The van der Waals surface area contributed by atoms with Crippen molar-refractivity contribution in [2.24, 2.45) is 0 Å². The van der Waals surface area contributed by atoms with Gasteiger partial charge in [0, 0.05) is 37.4 Å². The summed E-state index contributed by atoms with van der Waals surface area (Å²) in [6.07, 6.45) is -0.0341. The van der Waals surface area contributed by atoms with Gasteiger partial charge in [0.15, 0.2) is 0 Å². The summed E-state index contributed by atoms with van der Waals surface area (Å²) in [7, 11) is 1.59. The zero-order valence-corrected chi connectivity index (χ0v) is 18.5.